The predicted octanol–water partition coefficient (Wildman–Crippen LogP) is 4.27. The molecule has 0 radical (unpaired) electrons. The number of amides is 1. The average molecular weight is 413 g/mol. The van der Waals surface area contributed by atoms with Gasteiger partial charge in [0.25, 0.3) is 0 Å². The predicted molar refractivity (Wildman–Crippen MR) is 122 cm³/mol. The molecule has 3 atom stereocenters. The molecule has 2 aromatic carbocycles. The van der Waals surface area contributed by atoms with Gasteiger partial charge in [-0.2, -0.15) is 0 Å². The highest BCUT2D eigenvalue weighted by Gasteiger charge is 2.24. The van der Waals surface area contributed by atoms with Gasteiger partial charge in [0.05, 0.1) is 0 Å². The van der Waals surface area contributed by atoms with Crippen LogP contribution in [0.1, 0.15) is 51.2 Å². The zero-order valence-electron chi connectivity index (χ0n) is 18.6. The summed E-state index contributed by atoms with van der Waals surface area (Å²) in [6.45, 7) is 8.41. The number of ether oxygens (including phenoxy) is 1. The molecule has 0 aromatic heterocycles. The van der Waals surface area contributed by atoms with Gasteiger partial charge in [-0.15, -0.1) is 0 Å². The van der Waals surface area contributed by atoms with Crippen molar-refractivity contribution < 1.29 is 14.6 Å². The van der Waals surface area contributed by atoms with Crippen LogP contribution in [0, 0.1) is 0 Å². The smallest absolute Gasteiger partial charge is 0.407 e. The van der Waals surface area contributed by atoms with Crippen molar-refractivity contribution in [3.63, 3.8) is 0 Å². The molecule has 0 fully saturated rings. The molecule has 0 bridgehead atoms. The van der Waals surface area contributed by atoms with Crippen LogP contribution in [0.5, 0.6) is 0 Å². The molecule has 0 aliphatic heterocycles. The van der Waals surface area contributed by atoms with E-state index in [1.54, 1.807) is 0 Å². The number of aliphatic hydroxyl groups is 1. The summed E-state index contributed by atoms with van der Waals surface area (Å²) in [4.78, 5) is 12.3. The molecule has 0 heterocycles. The molecule has 0 saturated carbocycles. The van der Waals surface area contributed by atoms with Gasteiger partial charge < -0.3 is 20.5 Å². The third kappa shape index (κ3) is 8.56. The van der Waals surface area contributed by atoms with Crippen LogP contribution >= 0.6 is 0 Å². The van der Waals surface area contributed by atoms with E-state index in [2.05, 4.69) is 34.9 Å². The normalized spacial score (nSPS) is 14.6. The van der Waals surface area contributed by atoms with Gasteiger partial charge in [-0.3, -0.25) is 0 Å². The molecule has 0 unspecified atom stereocenters. The Balaban J connectivity index is 2.09. The molecule has 2 aromatic rings. The van der Waals surface area contributed by atoms with E-state index < -0.39 is 11.7 Å². The lowest BCUT2D eigenvalue weighted by atomic mass is 9.94. The fraction of sp³-hybridized carbons (Fsp3) is 0.480. The number of hydrogen-bond donors (Lipinski definition) is 3. The maximum atomic E-state index is 12.3. The number of nitrogens with one attached hydrogen (secondary N) is 2. The van der Waals surface area contributed by atoms with Gasteiger partial charge in [0.1, 0.15) is 5.60 Å². The number of rotatable bonds is 10. The zero-order chi connectivity index (χ0) is 22.0. The van der Waals surface area contributed by atoms with Crippen LogP contribution in [0.2, 0.25) is 0 Å². The van der Waals surface area contributed by atoms with Crippen LogP contribution in [0.3, 0.4) is 0 Å². The molecule has 164 valence electrons. The van der Waals surface area contributed by atoms with Crippen LogP contribution in [0.4, 0.5) is 4.79 Å². The van der Waals surface area contributed by atoms with Gasteiger partial charge in [-0.25, -0.2) is 4.79 Å². The zero-order valence-corrected chi connectivity index (χ0v) is 18.6. The van der Waals surface area contributed by atoms with E-state index in [9.17, 15) is 9.90 Å². The largest absolute Gasteiger partial charge is 0.444 e. The maximum Gasteiger partial charge on any atom is 0.407 e. The monoisotopic (exact) mass is 412 g/mol. The standard InChI is InChI=1S/C25H36N2O3/c1-19(27-24(29)30-25(2,3)4)23(17-20-11-7-5-8-12-20)26-18-22(15-16-28)21-13-9-6-10-14-21/h5-14,19,22-23,26,28H,15-18H2,1-4H3,(H,27,29)/t19-,22-,23+/m0/s1. The summed E-state index contributed by atoms with van der Waals surface area (Å²) in [6.07, 6.45) is 1.05. The number of carbonyl (C=O) groups excluding carboxylic acids is 1. The Morgan fingerprint density at radius 3 is 2.20 bits per heavy atom. The third-order valence-electron chi connectivity index (χ3n) is 5.02. The molecule has 5 heteroatoms. The van der Waals surface area contributed by atoms with E-state index in [0.29, 0.717) is 13.0 Å². The molecule has 0 aliphatic rings. The number of alkyl carbamates (subject to hydrolysis) is 1. The topological polar surface area (TPSA) is 70.6 Å². The van der Waals surface area contributed by atoms with Crippen molar-refractivity contribution >= 4 is 6.09 Å². The summed E-state index contributed by atoms with van der Waals surface area (Å²) in [5.74, 6) is 0.197. The van der Waals surface area contributed by atoms with E-state index in [1.165, 1.54) is 11.1 Å². The molecule has 0 aliphatic carbocycles. The first-order valence-electron chi connectivity index (χ1n) is 10.7. The second-order valence-corrected chi connectivity index (χ2v) is 8.76. The van der Waals surface area contributed by atoms with Gasteiger partial charge in [0.15, 0.2) is 0 Å². The second kappa shape index (κ2) is 11.7. The Morgan fingerprint density at radius 1 is 1.03 bits per heavy atom. The van der Waals surface area contributed by atoms with Crippen molar-refractivity contribution in [3.05, 3.63) is 71.8 Å². The third-order valence-corrected chi connectivity index (χ3v) is 5.02. The van der Waals surface area contributed by atoms with E-state index in [-0.39, 0.29) is 24.6 Å². The van der Waals surface area contributed by atoms with Crippen LogP contribution in [0.15, 0.2) is 60.7 Å². The molecule has 1 amide bonds. The molecular formula is C25H36N2O3. The van der Waals surface area contributed by atoms with E-state index >= 15 is 0 Å². The van der Waals surface area contributed by atoms with Gasteiger partial charge >= 0.3 is 6.09 Å². The van der Waals surface area contributed by atoms with Gasteiger partial charge in [-0.05, 0) is 57.6 Å². The SMILES string of the molecule is C[C@H](NC(=O)OC(C)(C)C)[C@@H](Cc1ccccc1)NC[C@H](CCO)c1ccccc1. The van der Waals surface area contributed by atoms with Gasteiger partial charge in [0.2, 0.25) is 0 Å². The van der Waals surface area contributed by atoms with Crippen molar-refractivity contribution in [2.75, 3.05) is 13.2 Å². The highest BCUT2D eigenvalue weighted by atomic mass is 16.6. The first kappa shape index (κ1) is 23.9. The Hall–Kier alpha value is -2.37. The van der Waals surface area contributed by atoms with Crippen molar-refractivity contribution in [1.82, 2.24) is 10.6 Å². The van der Waals surface area contributed by atoms with Crippen molar-refractivity contribution in [2.24, 2.45) is 0 Å². The summed E-state index contributed by atoms with van der Waals surface area (Å²) in [6, 6.07) is 20.4. The van der Waals surface area contributed by atoms with Gasteiger partial charge in [-0.1, -0.05) is 60.7 Å². The van der Waals surface area contributed by atoms with E-state index in [1.807, 2.05) is 64.1 Å². The Morgan fingerprint density at radius 2 is 1.63 bits per heavy atom. The first-order chi connectivity index (χ1) is 14.3. The minimum atomic E-state index is -0.536. The molecule has 0 saturated heterocycles. The number of carbonyl (C=O) groups is 1. The maximum absolute atomic E-state index is 12.3. The Kier molecular flexibility index (Phi) is 9.34. The van der Waals surface area contributed by atoms with Crippen molar-refractivity contribution in [1.29, 1.82) is 0 Å². The Bertz CT molecular complexity index is 744. The lowest BCUT2D eigenvalue weighted by molar-refractivity contribution is 0.0497. The van der Waals surface area contributed by atoms with Crippen molar-refractivity contribution in [2.45, 2.75) is 64.1 Å². The molecule has 2 rings (SSSR count). The molecule has 30 heavy (non-hydrogen) atoms. The lowest BCUT2D eigenvalue weighted by Crippen LogP contribution is -2.51. The fourth-order valence-electron chi connectivity index (χ4n) is 3.45. The minimum Gasteiger partial charge on any atom is -0.444 e. The highest BCUT2D eigenvalue weighted by Crippen LogP contribution is 2.19. The minimum absolute atomic E-state index is 0.0184. The summed E-state index contributed by atoms with van der Waals surface area (Å²) < 4.78 is 5.43. The van der Waals surface area contributed by atoms with E-state index in [4.69, 9.17) is 4.74 Å². The highest BCUT2D eigenvalue weighted by molar-refractivity contribution is 5.68. The molecule has 0 spiro atoms. The van der Waals surface area contributed by atoms with Crippen molar-refractivity contribution in [3.8, 4) is 0 Å². The average Bonchev–Trinajstić information content (AvgIpc) is 2.70. The van der Waals surface area contributed by atoms with Crippen LogP contribution in [-0.4, -0.2) is 42.0 Å². The molecule has 5 nitrogen and oxygen atoms in total. The van der Waals surface area contributed by atoms with Gasteiger partial charge in [0, 0.05) is 25.2 Å². The molecular weight excluding hydrogens is 376 g/mol. The quantitative estimate of drug-likeness (QED) is 0.545. The summed E-state index contributed by atoms with van der Waals surface area (Å²) in [5.41, 5.74) is 1.86. The van der Waals surface area contributed by atoms with Crippen LogP contribution < -0.4 is 10.6 Å². The fourth-order valence-corrected chi connectivity index (χ4v) is 3.45. The van der Waals surface area contributed by atoms with Crippen LogP contribution in [-0.2, 0) is 11.2 Å². The lowest BCUT2D eigenvalue weighted by Gasteiger charge is -2.29. The summed E-state index contributed by atoms with van der Waals surface area (Å²) in [7, 11) is 0. The first-order valence-corrected chi connectivity index (χ1v) is 10.7. The second-order valence-electron chi connectivity index (χ2n) is 8.76. The number of hydrogen-bond acceptors (Lipinski definition) is 4. The number of benzene rings is 2. The summed E-state index contributed by atoms with van der Waals surface area (Å²) in [5, 5.41) is 16.2. The van der Waals surface area contributed by atoms with E-state index in [0.717, 1.165) is 6.42 Å². The Labute approximate surface area is 180 Å². The summed E-state index contributed by atoms with van der Waals surface area (Å²) >= 11 is 0. The molecule has 3 N–H and O–H groups in total. The number of aliphatic hydroxyl groups excluding tert-OH is 1. The van der Waals surface area contributed by atoms with Crippen LogP contribution in [0.25, 0.3) is 0 Å².